The monoisotopic (exact) mass is 329 g/mol. The molecule has 0 bridgehead atoms. The molecule has 25 heavy (non-hydrogen) atoms. The highest BCUT2D eigenvalue weighted by molar-refractivity contribution is 5.76. The van der Waals surface area contributed by atoms with Crippen LogP contribution in [0.4, 0.5) is 5.69 Å². The fraction of sp³-hybridized carbons (Fsp3) is 0.0455. The Morgan fingerprint density at radius 2 is 1.44 bits per heavy atom. The van der Waals surface area contributed by atoms with Crippen LogP contribution in [0.15, 0.2) is 97.6 Å². The number of hydrogen-bond acceptors (Lipinski definition) is 2. The van der Waals surface area contributed by atoms with Crippen LogP contribution >= 0.6 is 0 Å². The van der Waals surface area contributed by atoms with E-state index in [-0.39, 0.29) is 6.10 Å². The lowest BCUT2D eigenvalue weighted by atomic mass is 10.1. The van der Waals surface area contributed by atoms with Crippen LogP contribution in [0.1, 0.15) is 17.2 Å². The maximum atomic E-state index is 12.1. The molecule has 0 amide bonds. The van der Waals surface area contributed by atoms with Gasteiger partial charge in [0.2, 0.25) is 5.69 Å². The summed E-state index contributed by atoms with van der Waals surface area (Å²) >= 11 is 0. The predicted octanol–water partition coefficient (Wildman–Crippen LogP) is 5.25. The Kier molecular flexibility index (Phi) is 5.27. The van der Waals surface area contributed by atoms with Crippen molar-refractivity contribution in [2.75, 3.05) is 0 Å². The van der Waals surface area contributed by atoms with Gasteiger partial charge in [0.1, 0.15) is 11.9 Å². The Bertz CT molecular complexity index is 840. The predicted molar refractivity (Wildman–Crippen MR) is 101 cm³/mol. The number of para-hydroxylation sites is 1. The Morgan fingerprint density at radius 3 is 2.04 bits per heavy atom. The third-order valence-electron chi connectivity index (χ3n) is 3.76. The molecule has 3 aromatic carbocycles. The molecule has 0 aliphatic rings. The van der Waals surface area contributed by atoms with Gasteiger partial charge in [-0.3, -0.25) is 0 Å². The number of hydrogen-bond donors (Lipinski definition) is 0. The summed E-state index contributed by atoms with van der Waals surface area (Å²) in [6, 6.07) is 26.4. The maximum absolute atomic E-state index is 12.1. The molecule has 3 aromatic rings. The minimum atomic E-state index is -0.212. The number of nitrogens with zero attached hydrogens (tertiary/aromatic N) is 1. The molecule has 0 fully saturated rings. The second-order valence-corrected chi connectivity index (χ2v) is 5.54. The highest BCUT2D eigenvalue weighted by Crippen LogP contribution is 2.23. The topological polar surface area (TPSA) is 35.3 Å². The van der Waals surface area contributed by atoms with Crippen LogP contribution in [0.3, 0.4) is 0 Å². The molecule has 0 spiro atoms. The van der Waals surface area contributed by atoms with Crippen molar-refractivity contribution >= 4 is 11.9 Å². The fourth-order valence-electron chi connectivity index (χ4n) is 2.46. The van der Waals surface area contributed by atoms with Gasteiger partial charge in [-0.15, -0.1) is 0 Å². The van der Waals surface area contributed by atoms with Crippen LogP contribution in [0, 0.1) is 5.21 Å². The van der Waals surface area contributed by atoms with E-state index in [0.717, 1.165) is 21.6 Å². The van der Waals surface area contributed by atoms with Crippen molar-refractivity contribution in [1.29, 1.82) is 0 Å². The van der Waals surface area contributed by atoms with Crippen LogP contribution in [0.25, 0.3) is 0 Å². The van der Waals surface area contributed by atoms with Crippen LogP contribution in [0.2, 0.25) is 0 Å². The minimum Gasteiger partial charge on any atom is -0.618 e. The second kappa shape index (κ2) is 7.97. The van der Waals surface area contributed by atoms with Gasteiger partial charge in [-0.2, -0.15) is 4.74 Å². The molecule has 0 radical (unpaired) electrons. The van der Waals surface area contributed by atoms with Crippen molar-refractivity contribution in [3.63, 3.8) is 0 Å². The van der Waals surface area contributed by atoms with E-state index in [0.29, 0.717) is 5.69 Å². The lowest BCUT2D eigenvalue weighted by molar-refractivity contribution is -0.354. The summed E-state index contributed by atoms with van der Waals surface area (Å²) in [5, 5.41) is 12.1. The first-order chi connectivity index (χ1) is 12.3. The van der Waals surface area contributed by atoms with Gasteiger partial charge in [-0.1, -0.05) is 55.1 Å². The molecule has 0 aliphatic heterocycles. The summed E-state index contributed by atoms with van der Waals surface area (Å²) < 4.78 is 6.82. The van der Waals surface area contributed by atoms with Gasteiger partial charge >= 0.3 is 0 Å². The van der Waals surface area contributed by atoms with Gasteiger partial charge in [0.25, 0.3) is 0 Å². The van der Waals surface area contributed by atoms with E-state index in [2.05, 4.69) is 6.58 Å². The zero-order chi connectivity index (χ0) is 17.5. The van der Waals surface area contributed by atoms with E-state index < -0.39 is 0 Å². The molecule has 3 heteroatoms. The van der Waals surface area contributed by atoms with Gasteiger partial charge in [-0.25, -0.2) is 0 Å². The number of rotatable bonds is 6. The van der Waals surface area contributed by atoms with E-state index in [4.69, 9.17) is 4.74 Å². The molecule has 0 aliphatic carbocycles. The summed E-state index contributed by atoms with van der Waals surface area (Å²) in [4.78, 5) is 0. The minimum absolute atomic E-state index is 0.212. The van der Waals surface area contributed by atoms with Crippen molar-refractivity contribution in [3.8, 4) is 5.75 Å². The first kappa shape index (κ1) is 16.5. The van der Waals surface area contributed by atoms with E-state index in [1.807, 2.05) is 72.8 Å². The van der Waals surface area contributed by atoms with Gasteiger partial charge < -0.3 is 9.94 Å². The largest absolute Gasteiger partial charge is 0.618 e. The maximum Gasteiger partial charge on any atom is 0.216 e. The Morgan fingerprint density at radius 1 is 0.840 bits per heavy atom. The number of ether oxygens (including phenoxy) is 1. The molecule has 0 heterocycles. The molecule has 0 saturated carbocycles. The molecule has 0 saturated heterocycles. The highest BCUT2D eigenvalue weighted by atomic mass is 16.5. The summed E-state index contributed by atoms with van der Waals surface area (Å²) in [6.07, 6.45) is 3.10. The smallest absolute Gasteiger partial charge is 0.216 e. The standard InChI is InChI=1S/C22H19NO2/c1-2-22(19-9-5-3-6-10-19)25-21-15-13-18(14-16-21)17-23(24)20-11-7-4-8-12-20/h2-17,22H,1H2. The summed E-state index contributed by atoms with van der Waals surface area (Å²) in [7, 11) is 0. The quantitative estimate of drug-likeness (QED) is 0.203. The van der Waals surface area contributed by atoms with E-state index >= 15 is 0 Å². The van der Waals surface area contributed by atoms with Crippen LogP contribution in [-0.2, 0) is 0 Å². The molecule has 124 valence electrons. The lowest BCUT2D eigenvalue weighted by Crippen LogP contribution is -2.04. The van der Waals surface area contributed by atoms with Crippen molar-refractivity contribution in [3.05, 3.63) is 114 Å². The van der Waals surface area contributed by atoms with Crippen LogP contribution in [-0.4, -0.2) is 11.0 Å². The van der Waals surface area contributed by atoms with Gasteiger partial charge in [0.05, 0.1) is 0 Å². The third-order valence-corrected chi connectivity index (χ3v) is 3.76. The fourth-order valence-corrected chi connectivity index (χ4v) is 2.46. The average Bonchev–Trinajstić information content (AvgIpc) is 2.68. The normalized spacial score (nSPS) is 12.4. The van der Waals surface area contributed by atoms with Crippen molar-refractivity contribution < 1.29 is 9.48 Å². The molecule has 0 N–H and O–H groups in total. The van der Waals surface area contributed by atoms with Crippen LogP contribution in [0.5, 0.6) is 5.75 Å². The van der Waals surface area contributed by atoms with Crippen molar-refractivity contribution in [2.24, 2.45) is 0 Å². The zero-order valence-corrected chi connectivity index (χ0v) is 13.8. The van der Waals surface area contributed by atoms with Crippen molar-refractivity contribution in [1.82, 2.24) is 0 Å². The molecular weight excluding hydrogens is 310 g/mol. The highest BCUT2D eigenvalue weighted by Gasteiger charge is 2.09. The average molecular weight is 329 g/mol. The Hall–Kier alpha value is -3.33. The summed E-state index contributed by atoms with van der Waals surface area (Å²) in [5.41, 5.74) is 2.45. The first-order valence-electron chi connectivity index (χ1n) is 8.07. The molecule has 1 unspecified atom stereocenters. The molecule has 1 atom stereocenters. The molecular formula is C22H19NO2. The zero-order valence-electron chi connectivity index (χ0n) is 13.8. The van der Waals surface area contributed by atoms with Gasteiger partial charge in [-0.05, 0) is 35.9 Å². The molecule has 3 rings (SSSR count). The molecule has 3 nitrogen and oxygen atoms in total. The van der Waals surface area contributed by atoms with Crippen molar-refractivity contribution in [2.45, 2.75) is 6.10 Å². The second-order valence-electron chi connectivity index (χ2n) is 5.54. The molecule has 0 aromatic heterocycles. The summed E-state index contributed by atoms with van der Waals surface area (Å²) in [5.74, 6) is 0.725. The first-order valence-corrected chi connectivity index (χ1v) is 8.07. The Labute approximate surface area is 147 Å². The van der Waals surface area contributed by atoms with E-state index in [1.54, 1.807) is 24.4 Å². The number of benzene rings is 3. The van der Waals surface area contributed by atoms with E-state index in [9.17, 15) is 5.21 Å². The lowest BCUT2D eigenvalue weighted by Gasteiger charge is -2.15. The SMILES string of the molecule is C=CC(Oc1ccc(C=[N+]([O-])c2ccccc2)cc1)c1ccccc1. The third kappa shape index (κ3) is 4.36. The van der Waals surface area contributed by atoms with E-state index in [1.165, 1.54) is 0 Å². The summed E-state index contributed by atoms with van der Waals surface area (Å²) in [6.45, 7) is 3.84. The Balaban J connectivity index is 1.73. The van der Waals surface area contributed by atoms with Crippen LogP contribution < -0.4 is 4.74 Å². The van der Waals surface area contributed by atoms with Gasteiger partial charge in [0.15, 0.2) is 6.21 Å². The van der Waals surface area contributed by atoms with Gasteiger partial charge in [0, 0.05) is 17.7 Å².